The van der Waals surface area contributed by atoms with Crippen molar-refractivity contribution in [1.82, 2.24) is 19.7 Å². The van der Waals surface area contributed by atoms with Crippen molar-refractivity contribution < 1.29 is 13.6 Å². The first-order valence-corrected chi connectivity index (χ1v) is 8.13. The molecule has 1 atom stereocenters. The SMILES string of the molecule is CC(c1ccc(-n2cncn2)cc1)N(C)C(=O)c1cc(F)c(F)cc1Cl. The maximum Gasteiger partial charge on any atom is 0.255 e. The molecule has 0 fully saturated rings. The molecule has 0 spiro atoms. The number of halogens is 3. The van der Waals surface area contributed by atoms with E-state index in [2.05, 4.69) is 10.1 Å². The Morgan fingerprint density at radius 1 is 1.19 bits per heavy atom. The van der Waals surface area contributed by atoms with E-state index in [0.717, 1.165) is 23.4 Å². The van der Waals surface area contributed by atoms with Gasteiger partial charge in [0.2, 0.25) is 0 Å². The fourth-order valence-electron chi connectivity index (χ4n) is 2.52. The van der Waals surface area contributed by atoms with Gasteiger partial charge in [-0.3, -0.25) is 4.79 Å². The molecule has 1 amide bonds. The highest BCUT2D eigenvalue weighted by Crippen LogP contribution is 2.26. The highest BCUT2D eigenvalue weighted by Gasteiger charge is 2.22. The minimum absolute atomic E-state index is 0.0841. The molecule has 8 heteroatoms. The average Bonchev–Trinajstić information content (AvgIpc) is 3.18. The van der Waals surface area contributed by atoms with Crippen molar-refractivity contribution in [1.29, 1.82) is 0 Å². The van der Waals surface area contributed by atoms with Crippen molar-refractivity contribution >= 4 is 17.5 Å². The van der Waals surface area contributed by atoms with Crippen LogP contribution in [0.2, 0.25) is 5.02 Å². The Morgan fingerprint density at radius 2 is 1.85 bits per heavy atom. The Morgan fingerprint density at radius 3 is 2.46 bits per heavy atom. The Kier molecular flexibility index (Phi) is 4.99. The number of hydrogen-bond donors (Lipinski definition) is 0. The van der Waals surface area contributed by atoms with Crippen molar-refractivity contribution in [3.05, 3.63) is 76.8 Å². The van der Waals surface area contributed by atoms with Gasteiger partial charge in [0, 0.05) is 7.05 Å². The number of carbonyl (C=O) groups excluding carboxylic acids is 1. The van der Waals surface area contributed by atoms with Crippen LogP contribution >= 0.6 is 11.6 Å². The predicted octanol–water partition coefficient (Wildman–Crippen LogP) is 4.03. The van der Waals surface area contributed by atoms with Gasteiger partial charge in [-0.25, -0.2) is 18.4 Å². The number of benzene rings is 2. The molecule has 1 heterocycles. The largest absolute Gasteiger partial charge is 0.335 e. The summed E-state index contributed by atoms with van der Waals surface area (Å²) in [5.41, 5.74) is 1.61. The van der Waals surface area contributed by atoms with E-state index in [1.165, 1.54) is 11.2 Å². The summed E-state index contributed by atoms with van der Waals surface area (Å²) in [7, 11) is 1.58. The van der Waals surface area contributed by atoms with Crippen LogP contribution in [0.1, 0.15) is 28.9 Å². The second kappa shape index (κ2) is 7.21. The monoisotopic (exact) mass is 376 g/mol. The zero-order chi connectivity index (χ0) is 18.8. The maximum absolute atomic E-state index is 13.5. The smallest absolute Gasteiger partial charge is 0.255 e. The van der Waals surface area contributed by atoms with Crippen LogP contribution in [0.5, 0.6) is 0 Å². The van der Waals surface area contributed by atoms with E-state index in [0.29, 0.717) is 0 Å². The minimum Gasteiger partial charge on any atom is -0.335 e. The van der Waals surface area contributed by atoms with E-state index in [1.54, 1.807) is 18.1 Å². The topological polar surface area (TPSA) is 51.0 Å². The van der Waals surface area contributed by atoms with Gasteiger partial charge in [-0.2, -0.15) is 5.10 Å². The first kappa shape index (κ1) is 18.0. The molecule has 3 rings (SSSR count). The van der Waals surface area contributed by atoms with Crippen LogP contribution in [0, 0.1) is 11.6 Å². The van der Waals surface area contributed by atoms with Crippen LogP contribution < -0.4 is 0 Å². The van der Waals surface area contributed by atoms with Gasteiger partial charge in [-0.05, 0) is 36.8 Å². The number of amides is 1. The lowest BCUT2D eigenvalue weighted by Crippen LogP contribution is -2.30. The molecular formula is C18H15ClF2N4O. The maximum atomic E-state index is 13.5. The van der Waals surface area contributed by atoms with Crippen molar-refractivity contribution in [2.45, 2.75) is 13.0 Å². The molecule has 0 aliphatic heterocycles. The van der Waals surface area contributed by atoms with Gasteiger partial charge in [0.15, 0.2) is 11.6 Å². The summed E-state index contributed by atoms with van der Waals surface area (Å²) in [5, 5.41) is 3.92. The molecule has 0 saturated heterocycles. The summed E-state index contributed by atoms with van der Waals surface area (Å²) in [5.74, 6) is -2.70. The molecule has 5 nitrogen and oxygen atoms in total. The van der Waals surface area contributed by atoms with Gasteiger partial charge >= 0.3 is 0 Å². The third-order valence-electron chi connectivity index (χ3n) is 4.20. The van der Waals surface area contributed by atoms with E-state index >= 15 is 0 Å². The summed E-state index contributed by atoms with van der Waals surface area (Å²) >= 11 is 5.90. The van der Waals surface area contributed by atoms with Gasteiger partial charge in [-0.15, -0.1) is 0 Å². The Balaban J connectivity index is 1.82. The number of hydrogen-bond acceptors (Lipinski definition) is 3. The Labute approximate surface area is 153 Å². The quantitative estimate of drug-likeness (QED) is 0.646. The molecule has 0 aliphatic carbocycles. The average molecular weight is 377 g/mol. The summed E-state index contributed by atoms with van der Waals surface area (Å²) in [6, 6.07) is 8.73. The molecular weight excluding hydrogens is 362 g/mol. The van der Waals surface area contributed by atoms with Crippen molar-refractivity contribution in [2.75, 3.05) is 7.05 Å². The molecule has 3 aromatic rings. The van der Waals surface area contributed by atoms with Crippen LogP contribution in [0.25, 0.3) is 5.69 Å². The molecule has 1 unspecified atom stereocenters. The normalized spacial score (nSPS) is 12.0. The summed E-state index contributed by atoms with van der Waals surface area (Å²) in [6.07, 6.45) is 3.02. The third-order valence-corrected chi connectivity index (χ3v) is 4.51. The van der Waals surface area contributed by atoms with Crippen LogP contribution in [0.4, 0.5) is 8.78 Å². The van der Waals surface area contributed by atoms with Crippen LogP contribution in [-0.4, -0.2) is 32.6 Å². The Bertz CT molecular complexity index is 929. The van der Waals surface area contributed by atoms with E-state index in [-0.39, 0.29) is 16.6 Å². The number of aromatic nitrogens is 3. The lowest BCUT2D eigenvalue weighted by Gasteiger charge is -2.26. The second-order valence-corrected chi connectivity index (χ2v) is 6.18. The first-order valence-electron chi connectivity index (χ1n) is 7.75. The summed E-state index contributed by atoms with van der Waals surface area (Å²) < 4.78 is 28.3. The van der Waals surface area contributed by atoms with Crippen molar-refractivity contribution in [3.8, 4) is 5.69 Å². The third kappa shape index (κ3) is 3.43. The zero-order valence-electron chi connectivity index (χ0n) is 14.0. The number of nitrogens with zero attached hydrogens (tertiary/aromatic N) is 4. The standard InChI is InChI=1S/C18H15ClF2N4O/c1-11(12-3-5-13(6-4-12)25-10-22-9-23-25)24(2)18(26)14-7-16(20)17(21)8-15(14)19/h3-11H,1-2H3. The van der Waals surface area contributed by atoms with Gasteiger partial charge in [0.05, 0.1) is 22.3 Å². The van der Waals surface area contributed by atoms with Gasteiger partial charge in [0.25, 0.3) is 5.91 Å². The van der Waals surface area contributed by atoms with E-state index in [9.17, 15) is 13.6 Å². The molecule has 0 radical (unpaired) electrons. The highest BCUT2D eigenvalue weighted by molar-refractivity contribution is 6.33. The molecule has 1 aromatic heterocycles. The zero-order valence-corrected chi connectivity index (χ0v) is 14.8. The summed E-state index contributed by atoms with van der Waals surface area (Å²) in [6.45, 7) is 1.83. The molecule has 0 aliphatic rings. The van der Waals surface area contributed by atoms with E-state index in [4.69, 9.17) is 11.6 Å². The molecule has 134 valence electrons. The van der Waals surface area contributed by atoms with Gasteiger partial charge in [-0.1, -0.05) is 23.7 Å². The molecule has 0 N–H and O–H groups in total. The van der Waals surface area contributed by atoms with Gasteiger partial charge in [0.1, 0.15) is 12.7 Å². The molecule has 2 aromatic carbocycles. The lowest BCUT2D eigenvalue weighted by molar-refractivity contribution is 0.0742. The van der Waals surface area contributed by atoms with Crippen molar-refractivity contribution in [2.24, 2.45) is 0 Å². The molecule has 0 saturated carbocycles. The predicted molar refractivity (Wildman–Crippen MR) is 93.2 cm³/mol. The van der Waals surface area contributed by atoms with E-state index in [1.807, 2.05) is 31.2 Å². The fourth-order valence-corrected chi connectivity index (χ4v) is 2.75. The number of carbonyl (C=O) groups is 1. The van der Waals surface area contributed by atoms with Crippen LogP contribution in [0.15, 0.2) is 49.1 Å². The number of rotatable bonds is 4. The second-order valence-electron chi connectivity index (χ2n) is 5.77. The highest BCUT2D eigenvalue weighted by atomic mass is 35.5. The van der Waals surface area contributed by atoms with Crippen LogP contribution in [-0.2, 0) is 0 Å². The fraction of sp³-hybridized carbons (Fsp3) is 0.167. The first-order chi connectivity index (χ1) is 12.4. The minimum atomic E-state index is -1.11. The van der Waals surface area contributed by atoms with Crippen LogP contribution in [0.3, 0.4) is 0 Å². The Hall–Kier alpha value is -2.80. The molecule has 0 bridgehead atoms. The van der Waals surface area contributed by atoms with Gasteiger partial charge < -0.3 is 4.90 Å². The molecule has 26 heavy (non-hydrogen) atoms. The van der Waals surface area contributed by atoms with E-state index < -0.39 is 17.5 Å². The van der Waals surface area contributed by atoms with Crippen molar-refractivity contribution in [3.63, 3.8) is 0 Å². The summed E-state index contributed by atoms with van der Waals surface area (Å²) in [4.78, 5) is 17.9. The lowest BCUT2D eigenvalue weighted by atomic mass is 10.1.